The Hall–Kier alpha value is -1.25. The average Bonchev–Trinajstić information content (AvgIpc) is 2.51. The average molecular weight is 319 g/mol. The van der Waals surface area contributed by atoms with E-state index in [9.17, 15) is 0 Å². The van der Waals surface area contributed by atoms with E-state index in [0.717, 1.165) is 18.1 Å². The summed E-state index contributed by atoms with van der Waals surface area (Å²) < 4.78 is 0. The minimum absolute atomic E-state index is 0.469. The summed E-state index contributed by atoms with van der Waals surface area (Å²) in [5.74, 6) is 0. The molecule has 0 amide bonds. The first kappa shape index (κ1) is 17.1. The van der Waals surface area contributed by atoms with Crippen molar-refractivity contribution in [2.24, 2.45) is 0 Å². The SMILES string of the molecule is CCN(CC)CCCC(C)Nc1cccc2cc(Cl)ccc12. The molecule has 1 atom stereocenters. The number of hydrogen-bond acceptors (Lipinski definition) is 2. The first-order valence-electron chi connectivity index (χ1n) is 8.31. The van der Waals surface area contributed by atoms with Crippen molar-refractivity contribution in [1.82, 2.24) is 4.90 Å². The molecule has 0 spiro atoms. The normalized spacial score (nSPS) is 12.8. The summed E-state index contributed by atoms with van der Waals surface area (Å²) in [4.78, 5) is 2.48. The second-order valence-corrected chi connectivity index (χ2v) is 6.32. The van der Waals surface area contributed by atoms with Crippen molar-refractivity contribution in [3.63, 3.8) is 0 Å². The first-order valence-corrected chi connectivity index (χ1v) is 8.69. The van der Waals surface area contributed by atoms with E-state index in [0.29, 0.717) is 6.04 Å². The summed E-state index contributed by atoms with van der Waals surface area (Å²) in [5, 5.41) is 6.87. The van der Waals surface area contributed by atoms with Crippen LogP contribution in [0.1, 0.15) is 33.6 Å². The Balaban J connectivity index is 1.95. The van der Waals surface area contributed by atoms with E-state index in [4.69, 9.17) is 11.6 Å². The van der Waals surface area contributed by atoms with Crippen molar-refractivity contribution in [3.8, 4) is 0 Å². The maximum Gasteiger partial charge on any atom is 0.0421 e. The molecule has 1 unspecified atom stereocenters. The van der Waals surface area contributed by atoms with Gasteiger partial charge in [0.1, 0.15) is 0 Å². The highest BCUT2D eigenvalue weighted by Crippen LogP contribution is 2.26. The molecular weight excluding hydrogens is 292 g/mol. The van der Waals surface area contributed by atoms with Crippen molar-refractivity contribution in [3.05, 3.63) is 41.4 Å². The molecule has 0 bridgehead atoms. The predicted molar refractivity (Wildman–Crippen MR) is 99.1 cm³/mol. The summed E-state index contributed by atoms with van der Waals surface area (Å²) >= 11 is 6.08. The van der Waals surface area contributed by atoms with Gasteiger partial charge in [-0.25, -0.2) is 0 Å². The van der Waals surface area contributed by atoms with Crippen molar-refractivity contribution < 1.29 is 0 Å². The van der Waals surface area contributed by atoms with Crippen molar-refractivity contribution >= 4 is 28.1 Å². The Bertz CT molecular complexity index is 593. The number of halogens is 1. The van der Waals surface area contributed by atoms with Crippen LogP contribution in [0.5, 0.6) is 0 Å². The molecule has 0 radical (unpaired) electrons. The van der Waals surface area contributed by atoms with Gasteiger partial charge in [0.2, 0.25) is 0 Å². The fourth-order valence-corrected chi connectivity index (χ4v) is 3.06. The number of hydrogen-bond donors (Lipinski definition) is 1. The summed E-state index contributed by atoms with van der Waals surface area (Å²) in [6, 6.07) is 12.9. The molecule has 2 aromatic carbocycles. The van der Waals surface area contributed by atoms with Gasteiger partial charge in [0, 0.05) is 22.1 Å². The van der Waals surface area contributed by atoms with Crippen LogP contribution in [-0.2, 0) is 0 Å². The monoisotopic (exact) mass is 318 g/mol. The van der Waals surface area contributed by atoms with Crippen LogP contribution in [0.4, 0.5) is 5.69 Å². The van der Waals surface area contributed by atoms with E-state index < -0.39 is 0 Å². The number of rotatable bonds is 8. The van der Waals surface area contributed by atoms with Gasteiger partial charge in [0.15, 0.2) is 0 Å². The molecule has 0 aliphatic heterocycles. The Morgan fingerprint density at radius 1 is 1.14 bits per heavy atom. The van der Waals surface area contributed by atoms with E-state index in [1.807, 2.05) is 12.1 Å². The van der Waals surface area contributed by atoms with Gasteiger partial charge in [-0.1, -0.05) is 43.6 Å². The Labute approximate surface area is 139 Å². The molecule has 0 heterocycles. The maximum absolute atomic E-state index is 6.08. The summed E-state index contributed by atoms with van der Waals surface area (Å²) in [6.07, 6.45) is 2.41. The number of fused-ring (bicyclic) bond motifs is 1. The zero-order valence-corrected chi connectivity index (χ0v) is 14.7. The largest absolute Gasteiger partial charge is 0.382 e. The molecule has 3 heteroatoms. The van der Waals surface area contributed by atoms with Crippen LogP contribution in [0.25, 0.3) is 10.8 Å². The van der Waals surface area contributed by atoms with Crippen molar-refractivity contribution in [1.29, 1.82) is 0 Å². The van der Waals surface area contributed by atoms with E-state index in [1.54, 1.807) is 0 Å². The second-order valence-electron chi connectivity index (χ2n) is 5.89. The molecule has 0 fully saturated rings. The molecule has 0 saturated carbocycles. The highest BCUT2D eigenvalue weighted by molar-refractivity contribution is 6.31. The van der Waals surface area contributed by atoms with Crippen LogP contribution < -0.4 is 5.32 Å². The fourth-order valence-electron chi connectivity index (χ4n) is 2.88. The third kappa shape index (κ3) is 4.62. The van der Waals surface area contributed by atoms with Gasteiger partial charge in [-0.15, -0.1) is 0 Å². The van der Waals surface area contributed by atoms with Gasteiger partial charge in [-0.3, -0.25) is 0 Å². The Morgan fingerprint density at radius 2 is 1.91 bits per heavy atom. The molecule has 120 valence electrons. The van der Waals surface area contributed by atoms with Crippen LogP contribution >= 0.6 is 11.6 Å². The van der Waals surface area contributed by atoms with Gasteiger partial charge in [-0.05, 0) is 63.0 Å². The van der Waals surface area contributed by atoms with Crippen LogP contribution in [0, 0.1) is 0 Å². The fraction of sp³-hybridized carbons (Fsp3) is 0.474. The molecule has 22 heavy (non-hydrogen) atoms. The molecule has 1 N–H and O–H groups in total. The quantitative estimate of drug-likeness (QED) is 0.699. The lowest BCUT2D eigenvalue weighted by Crippen LogP contribution is -2.25. The zero-order valence-electron chi connectivity index (χ0n) is 13.9. The molecule has 0 saturated heterocycles. The maximum atomic E-state index is 6.08. The first-order chi connectivity index (χ1) is 10.6. The highest BCUT2D eigenvalue weighted by Gasteiger charge is 2.07. The molecule has 0 aliphatic carbocycles. The minimum Gasteiger partial charge on any atom is -0.382 e. The van der Waals surface area contributed by atoms with E-state index in [1.165, 1.54) is 35.8 Å². The molecule has 2 rings (SSSR count). The zero-order chi connectivity index (χ0) is 15.9. The van der Waals surface area contributed by atoms with E-state index >= 15 is 0 Å². The lowest BCUT2D eigenvalue weighted by Gasteiger charge is -2.21. The second kappa shape index (κ2) is 8.40. The van der Waals surface area contributed by atoms with Crippen LogP contribution in [0.15, 0.2) is 36.4 Å². The van der Waals surface area contributed by atoms with E-state index in [-0.39, 0.29) is 0 Å². The number of nitrogens with one attached hydrogen (secondary N) is 1. The molecular formula is C19H27ClN2. The number of anilines is 1. The van der Waals surface area contributed by atoms with Crippen LogP contribution in [-0.4, -0.2) is 30.6 Å². The van der Waals surface area contributed by atoms with Crippen molar-refractivity contribution in [2.75, 3.05) is 25.0 Å². The van der Waals surface area contributed by atoms with Crippen molar-refractivity contribution in [2.45, 2.75) is 39.7 Å². The summed E-state index contributed by atoms with van der Waals surface area (Å²) in [7, 11) is 0. The van der Waals surface area contributed by atoms with Crippen LogP contribution in [0.3, 0.4) is 0 Å². The van der Waals surface area contributed by atoms with Gasteiger partial charge in [0.05, 0.1) is 0 Å². The third-order valence-corrected chi connectivity index (χ3v) is 4.49. The molecule has 0 aromatic heterocycles. The standard InChI is InChI=1S/C19H27ClN2/c1-4-22(5-2)13-7-8-15(3)21-19-10-6-9-16-14-17(20)11-12-18(16)19/h6,9-12,14-15,21H,4-5,7-8,13H2,1-3H3. The molecule has 2 aromatic rings. The predicted octanol–water partition coefficient (Wildman–Crippen LogP) is 5.42. The highest BCUT2D eigenvalue weighted by atomic mass is 35.5. The smallest absolute Gasteiger partial charge is 0.0421 e. The Morgan fingerprint density at radius 3 is 2.64 bits per heavy atom. The lowest BCUT2D eigenvalue weighted by atomic mass is 10.1. The Kier molecular flexibility index (Phi) is 6.53. The molecule has 0 aliphatic rings. The summed E-state index contributed by atoms with van der Waals surface area (Å²) in [5.41, 5.74) is 1.20. The van der Waals surface area contributed by atoms with Gasteiger partial charge in [0.25, 0.3) is 0 Å². The lowest BCUT2D eigenvalue weighted by molar-refractivity contribution is 0.295. The number of benzene rings is 2. The van der Waals surface area contributed by atoms with Gasteiger partial charge < -0.3 is 10.2 Å². The van der Waals surface area contributed by atoms with Gasteiger partial charge in [-0.2, -0.15) is 0 Å². The van der Waals surface area contributed by atoms with Crippen LogP contribution in [0.2, 0.25) is 5.02 Å². The van der Waals surface area contributed by atoms with E-state index in [2.05, 4.69) is 55.3 Å². The minimum atomic E-state index is 0.469. The summed E-state index contributed by atoms with van der Waals surface area (Å²) in [6.45, 7) is 10.2. The van der Waals surface area contributed by atoms with Gasteiger partial charge >= 0.3 is 0 Å². The number of nitrogens with zero attached hydrogens (tertiary/aromatic N) is 1. The molecule has 2 nitrogen and oxygen atoms in total. The third-order valence-electron chi connectivity index (χ3n) is 4.25. The topological polar surface area (TPSA) is 15.3 Å².